The number of nitrogens with zero attached hydrogens (tertiary/aromatic N) is 1. The molecule has 0 bridgehead atoms. The Hall–Kier alpha value is -9.41. The number of anilines is 3. The van der Waals surface area contributed by atoms with Gasteiger partial charge in [-0.3, -0.25) is 0 Å². The van der Waals surface area contributed by atoms with Gasteiger partial charge in [-0.05, 0) is 168 Å². The monoisotopic (exact) mass is 997 g/mol. The highest BCUT2D eigenvalue weighted by atomic mass is 32.2. The van der Waals surface area contributed by atoms with Crippen LogP contribution in [0, 0.1) is 0 Å². The lowest BCUT2D eigenvalue weighted by Gasteiger charge is -2.40. The van der Waals surface area contributed by atoms with E-state index in [0.717, 1.165) is 45.3 Å². The van der Waals surface area contributed by atoms with E-state index in [9.17, 15) is 0 Å². The molecule has 360 valence electrons. The molecule has 0 fully saturated rings. The molecule has 2 spiro atoms. The van der Waals surface area contributed by atoms with Crippen LogP contribution in [0.25, 0.3) is 55.6 Å². The van der Waals surface area contributed by atoms with Crippen molar-refractivity contribution in [3.8, 4) is 67.1 Å². The van der Waals surface area contributed by atoms with Gasteiger partial charge in [-0.15, -0.1) is 0 Å². The van der Waals surface area contributed by atoms with Crippen LogP contribution in [0.2, 0.25) is 0 Å². The van der Waals surface area contributed by atoms with Crippen LogP contribution in [0.4, 0.5) is 17.1 Å². The molecular formula is C74H47NOS. The number of hydrogen-bond donors (Lipinski definition) is 0. The average molecular weight is 998 g/mol. The lowest BCUT2D eigenvalue weighted by Crippen LogP contribution is -2.32. The first-order valence-electron chi connectivity index (χ1n) is 26.6. The first kappa shape index (κ1) is 43.9. The number of para-hydroxylation sites is 2. The van der Waals surface area contributed by atoms with E-state index < -0.39 is 10.8 Å². The second-order valence-electron chi connectivity index (χ2n) is 20.7. The minimum atomic E-state index is -0.619. The minimum absolute atomic E-state index is 0.474. The third kappa shape index (κ3) is 6.38. The summed E-state index contributed by atoms with van der Waals surface area (Å²) in [6.45, 7) is 0. The Bertz CT molecular complexity index is 4200. The van der Waals surface area contributed by atoms with Gasteiger partial charge in [0.05, 0.1) is 10.8 Å². The summed E-state index contributed by atoms with van der Waals surface area (Å²) in [6.07, 6.45) is 0. The fourth-order valence-electron chi connectivity index (χ4n) is 13.6. The topological polar surface area (TPSA) is 12.5 Å². The third-order valence-electron chi connectivity index (χ3n) is 16.8. The van der Waals surface area contributed by atoms with Crippen molar-refractivity contribution in [2.75, 3.05) is 4.90 Å². The zero-order valence-corrected chi connectivity index (χ0v) is 42.7. The van der Waals surface area contributed by atoms with Crippen LogP contribution < -0.4 is 9.64 Å². The van der Waals surface area contributed by atoms with E-state index >= 15 is 0 Å². The molecule has 0 radical (unpaired) electrons. The van der Waals surface area contributed by atoms with Crippen LogP contribution in [0.1, 0.15) is 44.5 Å². The summed E-state index contributed by atoms with van der Waals surface area (Å²) in [4.78, 5) is 5.09. The fraction of sp³-hybridized carbons (Fsp3) is 0.0270. The number of rotatable bonds is 6. The molecule has 2 aliphatic carbocycles. The van der Waals surface area contributed by atoms with E-state index in [1.165, 1.54) is 93.2 Å². The Morgan fingerprint density at radius 2 is 0.636 bits per heavy atom. The van der Waals surface area contributed by atoms with Gasteiger partial charge in [0, 0.05) is 38.0 Å². The van der Waals surface area contributed by atoms with Crippen LogP contribution in [-0.2, 0) is 10.8 Å². The van der Waals surface area contributed by atoms with Crippen molar-refractivity contribution in [1.82, 2.24) is 0 Å². The maximum Gasteiger partial charge on any atom is 0.132 e. The molecule has 2 heterocycles. The Kier molecular flexibility index (Phi) is 9.73. The highest BCUT2D eigenvalue weighted by molar-refractivity contribution is 7.99. The van der Waals surface area contributed by atoms with Gasteiger partial charge in [0.2, 0.25) is 0 Å². The van der Waals surface area contributed by atoms with Crippen molar-refractivity contribution in [3.63, 3.8) is 0 Å². The fourth-order valence-corrected chi connectivity index (χ4v) is 14.8. The van der Waals surface area contributed by atoms with Crippen LogP contribution in [0.15, 0.2) is 295 Å². The summed E-state index contributed by atoms with van der Waals surface area (Å²) < 4.78 is 6.77. The summed E-state index contributed by atoms with van der Waals surface area (Å²) in [7, 11) is 0. The zero-order chi connectivity index (χ0) is 50.7. The minimum Gasteiger partial charge on any atom is -0.457 e. The Morgan fingerprint density at radius 3 is 1.21 bits per heavy atom. The van der Waals surface area contributed by atoms with Gasteiger partial charge in [0.15, 0.2) is 0 Å². The summed E-state index contributed by atoms with van der Waals surface area (Å²) >= 11 is 1.88. The smallest absolute Gasteiger partial charge is 0.132 e. The van der Waals surface area contributed by atoms with E-state index in [2.05, 4.69) is 290 Å². The SMILES string of the molecule is c1ccc(-c2cc(-c3ccccc3)cc(-c3ccc(N(c4ccc5c(c4)-c4ccccc4C54c5ccccc5Sc5ccccc54)c4ccc5c(c4)C4(c6ccccc6Oc6ccccc64)c4ccccc4-5)cc3)c2)cc1. The molecule has 0 saturated heterocycles. The molecule has 12 aromatic carbocycles. The first-order valence-corrected chi connectivity index (χ1v) is 27.4. The van der Waals surface area contributed by atoms with Crippen LogP contribution in [0.3, 0.4) is 0 Å². The third-order valence-corrected chi connectivity index (χ3v) is 17.9. The van der Waals surface area contributed by atoms with E-state index in [0.29, 0.717) is 0 Å². The molecule has 0 N–H and O–H groups in total. The number of hydrogen-bond acceptors (Lipinski definition) is 3. The molecule has 2 aliphatic heterocycles. The maximum absolute atomic E-state index is 6.77. The lowest BCUT2D eigenvalue weighted by atomic mass is 9.66. The predicted octanol–water partition coefficient (Wildman–Crippen LogP) is 19.5. The van der Waals surface area contributed by atoms with E-state index in [1.54, 1.807) is 0 Å². The molecule has 3 heteroatoms. The molecule has 0 unspecified atom stereocenters. The van der Waals surface area contributed by atoms with Crippen molar-refractivity contribution in [1.29, 1.82) is 0 Å². The second kappa shape index (κ2) is 17.1. The predicted molar refractivity (Wildman–Crippen MR) is 316 cm³/mol. The summed E-state index contributed by atoms with van der Waals surface area (Å²) in [5.74, 6) is 1.77. The molecule has 0 atom stereocenters. The van der Waals surface area contributed by atoms with Gasteiger partial charge < -0.3 is 9.64 Å². The molecule has 16 rings (SSSR count). The average Bonchev–Trinajstić information content (AvgIpc) is 4.15. The van der Waals surface area contributed by atoms with Gasteiger partial charge in [-0.25, -0.2) is 0 Å². The number of fused-ring (bicyclic) bond motifs is 18. The standard InChI is InChI=1S/C74H47NOS/c1-3-19-48(20-4-1)51-43-52(49-21-5-2-6-22-49)45-53(44-51)50-35-37-54(38-36-50)75(55-40-42-63-60(46-55)58-24-8-10-26-62(58)73(63)66-29-13-17-33-71(66)77-72-34-18-14-30-67(72)73)56-39-41-59-57-23-7-9-25-61(57)74(68(59)47-56)64-27-11-15-31-69(64)76-70-32-16-12-28-65(70)74/h1-47H. The normalized spacial score (nSPS) is 14.0. The van der Waals surface area contributed by atoms with Gasteiger partial charge in [-0.2, -0.15) is 0 Å². The molecule has 0 amide bonds. The zero-order valence-electron chi connectivity index (χ0n) is 41.9. The van der Waals surface area contributed by atoms with Crippen molar-refractivity contribution >= 4 is 28.8 Å². The summed E-state index contributed by atoms with van der Waals surface area (Å²) in [5, 5.41) is 0. The van der Waals surface area contributed by atoms with Crippen molar-refractivity contribution in [2.24, 2.45) is 0 Å². The van der Waals surface area contributed by atoms with Crippen LogP contribution in [-0.4, -0.2) is 0 Å². The van der Waals surface area contributed by atoms with E-state index in [1.807, 2.05) is 11.8 Å². The van der Waals surface area contributed by atoms with E-state index in [-0.39, 0.29) is 0 Å². The Balaban J connectivity index is 0.923. The number of ether oxygens (including phenoxy) is 1. The van der Waals surface area contributed by atoms with Crippen molar-refractivity contribution < 1.29 is 4.74 Å². The first-order chi connectivity index (χ1) is 38.2. The molecule has 77 heavy (non-hydrogen) atoms. The Morgan fingerprint density at radius 1 is 0.247 bits per heavy atom. The van der Waals surface area contributed by atoms with Crippen molar-refractivity contribution in [3.05, 3.63) is 330 Å². The molecule has 0 saturated carbocycles. The highest BCUT2D eigenvalue weighted by Crippen LogP contribution is 2.65. The van der Waals surface area contributed by atoms with Gasteiger partial charge in [0.1, 0.15) is 11.5 Å². The molecule has 2 nitrogen and oxygen atoms in total. The molecule has 0 aromatic heterocycles. The highest BCUT2D eigenvalue weighted by Gasteiger charge is 2.52. The Labute approximate surface area is 453 Å². The van der Waals surface area contributed by atoms with Gasteiger partial charge >= 0.3 is 0 Å². The lowest BCUT2D eigenvalue weighted by molar-refractivity contribution is 0.436. The quantitative estimate of drug-likeness (QED) is 0.165. The van der Waals surface area contributed by atoms with Crippen molar-refractivity contribution in [2.45, 2.75) is 20.6 Å². The molecular weight excluding hydrogens is 951 g/mol. The van der Waals surface area contributed by atoms with Crippen LogP contribution in [0.5, 0.6) is 11.5 Å². The number of benzene rings is 12. The largest absolute Gasteiger partial charge is 0.457 e. The summed E-state index contributed by atoms with van der Waals surface area (Å²) in [6, 6.07) is 106. The van der Waals surface area contributed by atoms with E-state index in [4.69, 9.17) is 4.74 Å². The van der Waals surface area contributed by atoms with Gasteiger partial charge in [0.25, 0.3) is 0 Å². The molecule has 4 aliphatic rings. The van der Waals surface area contributed by atoms with Crippen LogP contribution >= 0.6 is 11.8 Å². The van der Waals surface area contributed by atoms with Gasteiger partial charge in [-0.1, -0.05) is 218 Å². The molecule has 12 aromatic rings. The maximum atomic E-state index is 6.77. The second-order valence-corrected chi connectivity index (χ2v) is 21.7. The summed E-state index contributed by atoms with van der Waals surface area (Å²) in [5.41, 5.74) is 24.3.